The minimum Gasteiger partial charge on any atom is -0.309 e. The molecule has 2 heteroatoms. The summed E-state index contributed by atoms with van der Waals surface area (Å²) >= 11 is 0. The van der Waals surface area contributed by atoms with Gasteiger partial charge in [0.25, 0.3) is 0 Å². The van der Waals surface area contributed by atoms with Crippen molar-refractivity contribution in [1.82, 2.24) is 9.13 Å². The maximum atomic E-state index is 2.48. The molecule has 9 aromatic rings. The molecule has 0 aliphatic heterocycles. The number of hydrogen-bond donors (Lipinski definition) is 0. The largest absolute Gasteiger partial charge is 0.309 e. The molecule has 0 N–H and O–H groups in total. The SMILES string of the molecule is CC1(C)c2cc3c(cc2-c2cccc4cccc1c24)c1ccccc1n3-c1ccc2c(c1)c1ccccc1n2-c1ccccc1. The first kappa shape index (κ1) is 24.8. The predicted octanol–water partition coefficient (Wildman–Crippen LogP) is 11.3. The third-order valence-electron chi connectivity index (χ3n) is 10.3. The van der Waals surface area contributed by atoms with Crippen molar-refractivity contribution in [1.29, 1.82) is 0 Å². The fraction of sp³-hybridized carbons (Fsp3) is 0.0698. The molecule has 212 valence electrons. The first-order chi connectivity index (χ1) is 22.1. The Morgan fingerprint density at radius 2 is 1.02 bits per heavy atom. The van der Waals surface area contributed by atoms with Gasteiger partial charge in [-0.15, -0.1) is 0 Å². The van der Waals surface area contributed by atoms with Crippen molar-refractivity contribution in [3.8, 4) is 22.5 Å². The average Bonchev–Trinajstić information content (AvgIpc) is 3.59. The van der Waals surface area contributed by atoms with Crippen LogP contribution in [0.5, 0.6) is 0 Å². The van der Waals surface area contributed by atoms with Crippen LogP contribution in [0.1, 0.15) is 25.0 Å². The molecule has 10 rings (SSSR count). The van der Waals surface area contributed by atoms with Gasteiger partial charge in [0.2, 0.25) is 0 Å². The first-order valence-electron chi connectivity index (χ1n) is 15.8. The molecule has 0 spiro atoms. The van der Waals surface area contributed by atoms with Crippen LogP contribution in [0, 0.1) is 0 Å². The minimum absolute atomic E-state index is 0.133. The Bertz CT molecular complexity index is 2660. The van der Waals surface area contributed by atoms with Gasteiger partial charge in [0.15, 0.2) is 0 Å². The second-order valence-electron chi connectivity index (χ2n) is 13.0. The van der Waals surface area contributed by atoms with Gasteiger partial charge < -0.3 is 9.13 Å². The normalized spacial score (nSPS) is 13.7. The number of rotatable bonds is 2. The Morgan fingerprint density at radius 1 is 0.400 bits per heavy atom. The second kappa shape index (κ2) is 8.74. The molecule has 2 heterocycles. The standard InChI is InChI=1S/C43H30N2/c1-43(2)36-19-11-13-27-12-10-18-32(42(27)36)33-25-35-31-17-7-9-21-39(31)45(41(35)26-37(33)43)29-22-23-40-34(24-29)30-16-6-8-20-38(30)44(40)28-14-4-3-5-15-28/h3-26H,1-2H3. The quantitative estimate of drug-likeness (QED) is 0.194. The van der Waals surface area contributed by atoms with E-state index in [0.29, 0.717) is 0 Å². The molecule has 2 aromatic heterocycles. The highest BCUT2D eigenvalue weighted by Crippen LogP contribution is 2.50. The van der Waals surface area contributed by atoms with Crippen LogP contribution in [0.2, 0.25) is 0 Å². The van der Waals surface area contributed by atoms with Gasteiger partial charge in [-0.25, -0.2) is 0 Å². The van der Waals surface area contributed by atoms with Gasteiger partial charge >= 0.3 is 0 Å². The van der Waals surface area contributed by atoms with Gasteiger partial charge in [0.1, 0.15) is 0 Å². The van der Waals surface area contributed by atoms with E-state index in [0.717, 1.165) is 0 Å². The molecule has 0 radical (unpaired) electrons. The topological polar surface area (TPSA) is 9.86 Å². The van der Waals surface area contributed by atoms with Crippen molar-refractivity contribution in [3.63, 3.8) is 0 Å². The van der Waals surface area contributed by atoms with Gasteiger partial charge in [0.05, 0.1) is 22.1 Å². The second-order valence-corrected chi connectivity index (χ2v) is 13.0. The van der Waals surface area contributed by atoms with E-state index in [-0.39, 0.29) is 5.41 Å². The third-order valence-corrected chi connectivity index (χ3v) is 10.3. The van der Waals surface area contributed by atoms with Crippen molar-refractivity contribution in [3.05, 3.63) is 157 Å². The number of nitrogens with zero attached hydrogens (tertiary/aromatic N) is 2. The van der Waals surface area contributed by atoms with E-state index in [9.17, 15) is 0 Å². The smallest absolute Gasteiger partial charge is 0.0544 e. The van der Waals surface area contributed by atoms with Crippen LogP contribution in [0.3, 0.4) is 0 Å². The predicted molar refractivity (Wildman–Crippen MR) is 190 cm³/mol. The minimum atomic E-state index is -0.133. The van der Waals surface area contributed by atoms with Crippen LogP contribution in [-0.4, -0.2) is 9.13 Å². The Labute approximate surface area is 261 Å². The van der Waals surface area contributed by atoms with Crippen molar-refractivity contribution < 1.29 is 0 Å². The molecular formula is C43H30N2. The van der Waals surface area contributed by atoms with E-state index in [1.54, 1.807) is 0 Å². The fourth-order valence-electron chi connectivity index (χ4n) is 8.22. The van der Waals surface area contributed by atoms with Gasteiger partial charge in [-0.2, -0.15) is 0 Å². The molecule has 0 amide bonds. The highest BCUT2D eigenvalue weighted by molar-refractivity contribution is 6.14. The summed E-state index contributed by atoms with van der Waals surface area (Å²) in [4.78, 5) is 0. The summed E-state index contributed by atoms with van der Waals surface area (Å²) in [6.45, 7) is 4.78. The van der Waals surface area contributed by atoms with Gasteiger partial charge in [-0.1, -0.05) is 105 Å². The third kappa shape index (κ3) is 3.24. The van der Waals surface area contributed by atoms with E-state index in [1.165, 1.54) is 88.0 Å². The zero-order valence-corrected chi connectivity index (χ0v) is 25.3. The van der Waals surface area contributed by atoms with Crippen LogP contribution in [-0.2, 0) is 5.41 Å². The van der Waals surface area contributed by atoms with E-state index in [1.807, 2.05) is 0 Å². The van der Waals surface area contributed by atoms with Crippen LogP contribution in [0.15, 0.2) is 146 Å². The number of para-hydroxylation sites is 3. The molecule has 0 fully saturated rings. The molecule has 2 nitrogen and oxygen atoms in total. The Hall–Kier alpha value is -5.60. The zero-order chi connectivity index (χ0) is 29.9. The van der Waals surface area contributed by atoms with E-state index < -0.39 is 0 Å². The zero-order valence-electron chi connectivity index (χ0n) is 25.3. The summed E-state index contributed by atoms with van der Waals surface area (Å²) < 4.78 is 4.87. The first-order valence-corrected chi connectivity index (χ1v) is 15.8. The summed E-state index contributed by atoms with van der Waals surface area (Å²) in [7, 11) is 0. The summed E-state index contributed by atoms with van der Waals surface area (Å²) in [5.41, 5.74) is 12.6. The van der Waals surface area contributed by atoms with Crippen molar-refractivity contribution in [2.75, 3.05) is 0 Å². The summed E-state index contributed by atoms with van der Waals surface area (Å²) in [5, 5.41) is 7.81. The molecule has 1 aliphatic rings. The average molecular weight is 575 g/mol. The molecule has 0 unspecified atom stereocenters. The lowest BCUT2D eigenvalue weighted by Crippen LogP contribution is -2.23. The van der Waals surface area contributed by atoms with Crippen LogP contribution < -0.4 is 0 Å². The van der Waals surface area contributed by atoms with E-state index >= 15 is 0 Å². The van der Waals surface area contributed by atoms with Crippen LogP contribution in [0.4, 0.5) is 0 Å². The summed E-state index contributed by atoms with van der Waals surface area (Å²) in [6.07, 6.45) is 0. The summed E-state index contributed by atoms with van der Waals surface area (Å²) in [6, 6.07) is 53.8. The number of hydrogen-bond acceptors (Lipinski definition) is 0. The van der Waals surface area contributed by atoms with Gasteiger partial charge in [-0.05, 0) is 87.6 Å². The molecule has 0 saturated heterocycles. The van der Waals surface area contributed by atoms with Crippen molar-refractivity contribution in [2.45, 2.75) is 19.3 Å². The van der Waals surface area contributed by atoms with E-state index in [4.69, 9.17) is 0 Å². The molecule has 1 aliphatic carbocycles. The highest BCUT2D eigenvalue weighted by atomic mass is 15.0. The lowest BCUT2D eigenvalue weighted by Gasteiger charge is -2.35. The van der Waals surface area contributed by atoms with Crippen LogP contribution >= 0.6 is 0 Å². The molecule has 0 bridgehead atoms. The molecule has 0 saturated carbocycles. The monoisotopic (exact) mass is 574 g/mol. The lowest BCUT2D eigenvalue weighted by atomic mass is 9.68. The maximum absolute atomic E-state index is 2.48. The molecular weight excluding hydrogens is 544 g/mol. The molecule has 0 atom stereocenters. The van der Waals surface area contributed by atoms with Crippen molar-refractivity contribution in [2.24, 2.45) is 0 Å². The fourth-order valence-corrected chi connectivity index (χ4v) is 8.22. The lowest BCUT2D eigenvalue weighted by molar-refractivity contribution is 0.646. The molecule has 7 aromatic carbocycles. The van der Waals surface area contributed by atoms with Gasteiger partial charge in [0, 0.05) is 38.3 Å². The van der Waals surface area contributed by atoms with Crippen molar-refractivity contribution >= 4 is 54.4 Å². The Kier molecular flexibility index (Phi) is 4.82. The van der Waals surface area contributed by atoms with Gasteiger partial charge in [-0.3, -0.25) is 0 Å². The molecule has 45 heavy (non-hydrogen) atoms. The Morgan fingerprint density at radius 3 is 1.78 bits per heavy atom. The number of aromatic nitrogens is 2. The number of fused-ring (bicyclic) bond motifs is 8. The maximum Gasteiger partial charge on any atom is 0.0544 e. The highest BCUT2D eigenvalue weighted by Gasteiger charge is 2.34. The van der Waals surface area contributed by atoms with Crippen LogP contribution in [0.25, 0.3) is 76.9 Å². The number of benzene rings is 7. The van der Waals surface area contributed by atoms with E-state index in [2.05, 4.69) is 169 Å². The Balaban J connectivity index is 1.30. The summed E-state index contributed by atoms with van der Waals surface area (Å²) in [5.74, 6) is 0.